The number of nitrogens with zero attached hydrogens (tertiary/aromatic N) is 3. The molecule has 5 heteroatoms. The predicted octanol–water partition coefficient (Wildman–Crippen LogP) is 2.42. The van der Waals surface area contributed by atoms with Crippen molar-refractivity contribution in [3.05, 3.63) is 59.3 Å². The molecule has 1 N–H and O–H groups in total. The molecule has 24 heavy (non-hydrogen) atoms. The molecular formula is C19H21N3O2. The summed E-state index contributed by atoms with van der Waals surface area (Å²) in [7, 11) is 0. The SMILES string of the molecule is O=C(O)c1ccnc2c1CCC1CN(Cc3ccccc3)CCN21. The van der Waals surface area contributed by atoms with Gasteiger partial charge < -0.3 is 10.0 Å². The predicted molar refractivity (Wildman–Crippen MR) is 92.4 cm³/mol. The maximum atomic E-state index is 11.4. The van der Waals surface area contributed by atoms with Crippen molar-refractivity contribution >= 4 is 11.8 Å². The van der Waals surface area contributed by atoms with Gasteiger partial charge in [0.15, 0.2) is 0 Å². The van der Waals surface area contributed by atoms with Crippen molar-refractivity contribution in [2.45, 2.75) is 25.4 Å². The van der Waals surface area contributed by atoms with E-state index in [-0.39, 0.29) is 0 Å². The molecule has 1 saturated heterocycles. The van der Waals surface area contributed by atoms with Gasteiger partial charge >= 0.3 is 5.97 Å². The zero-order valence-corrected chi connectivity index (χ0v) is 13.6. The monoisotopic (exact) mass is 323 g/mol. The molecule has 1 aromatic heterocycles. The molecule has 2 aliphatic rings. The van der Waals surface area contributed by atoms with E-state index < -0.39 is 5.97 Å². The molecule has 2 aromatic rings. The second kappa shape index (κ2) is 6.24. The standard InChI is InChI=1S/C19H21N3O2/c23-19(24)17-8-9-20-18-16(17)7-6-15-13-21(10-11-22(15)18)12-14-4-2-1-3-5-14/h1-5,8-9,15H,6-7,10-13H2,(H,23,24). The van der Waals surface area contributed by atoms with Gasteiger partial charge in [0.25, 0.3) is 0 Å². The van der Waals surface area contributed by atoms with Crippen LogP contribution >= 0.6 is 0 Å². The Morgan fingerprint density at radius 2 is 2.04 bits per heavy atom. The lowest BCUT2D eigenvalue weighted by Crippen LogP contribution is -2.55. The number of benzene rings is 1. The lowest BCUT2D eigenvalue weighted by Gasteiger charge is -2.45. The van der Waals surface area contributed by atoms with Crippen molar-refractivity contribution in [3.63, 3.8) is 0 Å². The van der Waals surface area contributed by atoms with Gasteiger partial charge in [0.2, 0.25) is 0 Å². The molecule has 0 saturated carbocycles. The van der Waals surface area contributed by atoms with Crippen molar-refractivity contribution in [2.75, 3.05) is 24.5 Å². The highest BCUT2D eigenvalue weighted by Gasteiger charge is 2.34. The molecule has 124 valence electrons. The zero-order chi connectivity index (χ0) is 16.5. The third kappa shape index (κ3) is 2.76. The van der Waals surface area contributed by atoms with Crippen LogP contribution in [0.25, 0.3) is 0 Å². The van der Waals surface area contributed by atoms with E-state index in [1.165, 1.54) is 5.56 Å². The molecule has 4 rings (SSSR count). The summed E-state index contributed by atoms with van der Waals surface area (Å²) in [5, 5.41) is 9.39. The summed E-state index contributed by atoms with van der Waals surface area (Å²) in [6.45, 7) is 3.86. The Morgan fingerprint density at radius 1 is 1.21 bits per heavy atom. The summed E-state index contributed by atoms with van der Waals surface area (Å²) in [6.07, 6.45) is 3.41. The van der Waals surface area contributed by atoms with Gasteiger partial charge in [-0.1, -0.05) is 30.3 Å². The van der Waals surface area contributed by atoms with Crippen LogP contribution in [0, 0.1) is 0 Å². The van der Waals surface area contributed by atoms with E-state index in [4.69, 9.17) is 0 Å². The minimum atomic E-state index is -0.852. The highest BCUT2D eigenvalue weighted by Crippen LogP contribution is 2.33. The van der Waals surface area contributed by atoms with Crippen LogP contribution in [0.2, 0.25) is 0 Å². The second-order valence-corrected chi connectivity index (χ2v) is 6.57. The Hall–Kier alpha value is -2.40. The number of anilines is 1. The molecule has 1 unspecified atom stereocenters. The van der Waals surface area contributed by atoms with E-state index in [1.54, 1.807) is 12.3 Å². The molecule has 1 atom stereocenters. The average molecular weight is 323 g/mol. The fraction of sp³-hybridized carbons (Fsp3) is 0.368. The zero-order valence-electron chi connectivity index (χ0n) is 13.6. The molecular weight excluding hydrogens is 302 g/mol. The number of aromatic nitrogens is 1. The number of carboxylic acids is 1. The lowest BCUT2D eigenvalue weighted by atomic mass is 9.93. The van der Waals surface area contributed by atoms with Crippen LogP contribution < -0.4 is 4.90 Å². The maximum absolute atomic E-state index is 11.4. The minimum Gasteiger partial charge on any atom is -0.478 e. The fourth-order valence-electron chi connectivity index (χ4n) is 3.92. The molecule has 5 nitrogen and oxygen atoms in total. The molecule has 0 aliphatic carbocycles. The van der Waals surface area contributed by atoms with Gasteiger partial charge in [-0.2, -0.15) is 0 Å². The molecule has 0 amide bonds. The Balaban J connectivity index is 1.52. The first-order valence-electron chi connectivity index (χ1n) is 8.46. The normalized spacial score (nSPS) is 20.3. The molecule has 2 aliphatic heterocycles. The van der Waals surface area contributed by atoms with Crippen LogP contribution in [-0.2, 0) is 13.0 Å². The van der Waals surface area contributed by atoms with Gasteiger partial charge in [0, 0.05) is 44.0 Å². The largest absolute Gasteiger partial charge is 0.478 e. The van der Waals surface area contributed by atoms with Crippen molar-refractivity contribution in [1.82, 2.24) is 9.88 Å². The van der Waals surface area contributed by atoms with Crippen LogP contribution in [0.15, 0.2) is 42.6 Å². The molecule has 3 heterocycles. The number of carbonyl (C=O) groups is 1. The van der Waals surface area contributed by atoms with Gasteiger partial charge in [-0.25, -0.2) is 9.78 Å². The average Bonchev–Trinajstić information content (AvgIpc) is 2.61. The highest BCUT2D eigenvalue weighted by molar-refractivity contribution is 5.91. The molecule has 0 bridgehead atoms. The van der Waals surface area contributed by atoms with Crippen LogP contribution in [0.5, 0.6) is 0 Å². The Morgan fingerprint density at radius 3 is 2.83 bits per heavy atom. The number of hydrogen-bond acceptors (Lipinski definition) is 4. The number of carboxylic acid groups (broad SMARTS) is 1. The van der Waals surface area contributed by atoms with E-state index in [1.807, 2.05) is 6.07 Å². The van der Waals surface area contributed by atoms with E-state index >= 15 is 0 Å². The van der Waals surface area contributed by atoms with Crippen LogP contribution in [-0.4, -0.2) is 46.6 Å². The topological polar surface area (TPSA) is 56.7 Å². The van der Waals surface area contributed by atoms with E-state index in [2.05, 4.69) is 39.0 Å². The Kier molecular flexibility index (Phi) is 3.94. The summed E-state index contributed by atoms with van der Waals surface area (Å²) >= 11 is 0. The first-order chi connectivity index (χ1) is 11.7. The van der Waals surface area contributed by atoms with Gasteiger partial charge in [0.1, 0.15) is 5.82 Å². The number of fused-ring (bicyclic) bond motifs is 3. The van der Waals surface area contributed by atoms with Crippen molar-refractivity contribution in [3.8, 4) is 0 Å². The van der Waals surface area contributed by atoms with E-state index in [0.717, 1.165) is 50.4 Å². The first kappa shape index (κ1) is 15.1. The number of pyridine rings is 1. The Bertz CT molecular complexity index is 748. The number of rotatable bonds is 3. The molecule has 1 aromatic carbocycles. The maximum Gasteiger partial charge on any atom is 0.336 e. The van der Waals surface area contributed by atoms with E-state index in [9.17, 15) is 9.90 Å². The summed E-state index contributed by atoms with van der Waals surface area (Å²) in [6, 6.07) is 12.6. The number of aromatic carboxylic acids is 1. The van der Waals surface area contributed by atoms with E-state index in [0.29, 0.717) is 11.6 Å². The molecule has 0 radical (unpaired) electrons. The van der Waals surface area contributed by atoms with Crippen LogP contribution in [0.4, 0.5) is 5.82 Å². The smallest absolute Gasteiger partial charge is 0.336 e. The summed E-state index contributed by atoms with van der Waals surface area (Å²) in [4.78, 5) is 20.7. The first-order valence-corrected chi connectivity index (χ1v) is 8.46. The van der Waals surface area contributed by atoms with Gasteiger partial charge in [-0.3, -0.25) is 4.90 Å². The van der Waals surface area contributed by atoms with Crippen molar-refractivity contribution in [2.24, 2.45) is 0 Å². The third-order valence-corrected chi connectivity index (χ3v) is 5.08. The quantitative estimate of drug-likeness (QED) is 0.940. The third-order valence-electron chi connectivity index (χ3n) is 5.08. The van der Waals surface area contributed by atoms with Crippen molar-refractivity contribution < 1.29 is 9.90 Å². The molecule has 0 spiro atoms. The van der Waals surface area contributed by atoms with Gasteiger partial charge in [-0.15, -0.1) is 0 Å². The van der Waals surface area contributed by atoms with Crippen LogP contribution in [0.1, 0.15) is 27.9 Å². The summed E-state index contributed by atoms with van der Waals surface area (Å²) in [5.41, 5.74) is 2.65. The number of hydrogen-bond donors (Lipinski definition) is 1. The summed E-state index contributed by atoms with van der Waals surface area (Å²) in [5.74, 6) is 0.0281. The van der Waals surface area contributed by atoms with Crippen molar-refractivity contribution in [1.29, 1.82) is 0 Å². The van der Waals surface area contributed by atoms with Crippen LogP contribution in [0.3, 0.4) is 0 Å². The second-order valence-electron chi connectivity index (χ2n) is 6.57. The highest BCUT2D eigenvalue weighted by atomic mass is 16.4. The Labute approximate surface area is 141 Å². The fourth-order valence-corrected chi connectivity index (χ4v) is 3.92. The molecule has 1 fully saturated rings. The van der Waals surface area contributed by atoms with Gasteiger partial charge in [-0.05, 0) is 24.5 Å². The van der Waals surface area contributed by atoms with Gasteiger partial charge in [0.05, 0.1) is 5.56 Å². The summed E-state index contributed by atoms with van der Waals surface area (Å²) < 4.78 is 0. The number of piperazine rings is 1. The minimum absolute atomic E-state index is 0.408. The lowest BCUT2D eigenvalue weighted by molar-refractivity contribution is 0.0695.